The topological polar surface area (TPSA) is 125 Å². The van der Waals surface area contributed by atoms with Gasteiger partial charge in [0.1, 0.15) is 11.9 Å². The van der Waals surface area contributed by atoms with Crippen LogP contribution < -0.4 is 10.6 Å². The summed E-state index contributed by atoms with van der Waals surface area (Å²) >= 11 is 0. The van der Waals surface area contributed by atoms with Crippen LogP contribution in [-0.4, -0.2) is 43.0 Å². The number of anilines is 2. The van der Waals surface area contributed by atoms with E-state index in [-0.39, 0.29) is 23.7 Å². The second-order valence-electron chi connectivity index (χ2n) is 8.06. The molecule has 0 bridgehead atoms. The number of carbonyl (C=O) groups is 1. The molecule has 0 unspecified atom stereocenters. The number of hydrogen-bond acceptors (Lipinski definition) is 7. The Morgan fingerprint density at radius 3 is 2.82 bits per heavy atom. The summed E-state index contributed by atoms with van der Waals surface area (Å²) in [5.74, 6) is 1.49. The highest BCUT2D eigenvalue weighted by atomic mass is 16.6. The number of nitrogens with zero attached hydrogens (tertiary/aromatic N) is 3. The Bertz CT molecular complexity index is 830. The molecule has 0 radical (unpaired) electrons. The summed E-state index contributed by atoms with van der Waals surface area (Å²) in [5.41, 5.74) is 1.47. The van der Waals surface area contributed by atoms with Crippen molar-refractivity contribution in [3.05, 3.63) is 29.8 Å². The lowest BCUT2D eigenvalue weighted by molar-refractivity contribution is 0.0967. The molecule has 2 saturated carbocycles. The maximum atomic E-state index is 12.0. The maximum Gasteiger partial charge on any atom is 0.407 e. The first-order chi connectivity index (χ1) is 13.4. The van der Waals surface area contributed by atoms with E-state index in [9.17, 15) is 9.90 Å². The van der Waals surface area contributed by atoms with Gasteiger partial charge in [0.2, 0.25) is 0 Å². The Morgan fingerprint density at radius 1 is 1.32 bits per heavy atom. The zero-order valence-electron chi connectivity index (χ0n) is 16.1. The van der Waals surface area contributed by atoms with Gasteiger partial charge in [0, 0.05) is 23.2 Å². The van der Waals surface area contributed by atoms with E-state index in [2.05, 4.69) is 30.8 Å². The van der Waals surface area contributed by atoms with Crippen LogP contribution in [0.1, 0.15) is 69.4 Å². The van der Waals surface area contributed by atoms with Crippen molar-refractivity contribution in [3.63, 3.8) is 0 Å². The fourth-order valence-electron chi connectivity index (χ4n) is 3.43. The van der Waals surface area contributed by atoms with Gasteiger partial charge in [0.05, 0.1) is 24.2 Å². The second kappa shape index (κ2) is 7.38. The average molecular weight is 386 g/mol. The Kier molecular flexibility index (Phi) is 4.92. The minimum atomic E-state index is -0.648. The molecule has 150 valence electrons. The van der Waals surface area contributed by atoms with Crippen molar-refractivity contribution < 1.29 is 14.6 Å². The summed E-state index contributed by atoms with van der Waals surface area (Å²) in [7, 11) is 0. The van der Waals surface area contributed by atoms with E-state index >= 15 is 0 Å². The molecule has 9 nitrogen and oxygen atoms in total. The molecule has 2 aliphatic rings. The van der Waals surface area contributed by atoms with E-state index in [0.29, 0.717) is 17.3 Å². The number of H-pyrrole nitrogens is 1. The number of ether oxygens (including phenoxy) is 1. The molecule has 0 aliphatic heterocycles. The zero-order valence-corrected chi connectivity index (χ0v) is 16.1. The quantitative estimate of drug-likeness (QED) is 0.601. The minimum Gasteiger partial charge on any atom is -0.446 e. The Balaban J connectivity index is 1.30. The highest BCUT2D eigenvalue weighted by Gasteiger charge is 2.40. The molecule has 2 aliphatic carbocycles. The third-order valence-electron chi connectivity index (χ3n) is 5.46. The van der Waals surface area contributed by atoms with Crippen molar-refractivity contribution in [3.8, 4) is 0 Å². The summed E-state index contributed by atoms with van der Waals surface area (Å²) in [4.78, 5) is 20.4. The van der Waals surface area contributed by atoms with Gasteiger partial charge in [-0.25, -0.2) is 9.78 Å². The van der Waals surface area contributed by atoms with Crippen molar-refractivity contribution in [2.75, 3.05) is 5.32 Å². The van der Waals surface area contributed by atoms with E-state index < -0.39 is 6.10 Å². The number of aliphatic hydroxyl groups is 1. The highest BCUT2D eigenvalue weighted by Crippen LogP contribution is 2.37. The van der Waals surface area contributed by atoms with Gasteiger partial charge in [0.15, 0.2) is 5.82 Å². The summed E-state index contributed by atoms with van der Waals surface area (Å²) in [6.45, 7) is 3.68. The number of hydrogen-bond donors (Lipinski definition) is 4. The molecule has 28 heavy (non-hydrogen) atoms. The van der Waals surface area contributed by atoms with Crippen LogP contribution in [0.5, 0.6) is 0 Å². The summed E-state index contributed by atoms with van der Waals surface area (Å²) in [6, 6.07) is 1.95. The van der Waals surface area contributed by atoms with E-state index in [1.807, 2.05) is 13.0 Å². The van der Waals surface area contributed by atoms with Gasteiger partial charge in [-0.3, -0.25) is 10.1 Å². The van der Waals surface area contributed by atoms with Gasteiger partial charge in [-0.2, -0.15) is 5.10 Å². The number of aromatic nitrogens is 4. The number of aliphatic hydroxyl groups excluding tert-OH is 1. The largest absolute Gasteiger partial charge is 0.446 e. The smallest absolute Gasteiger partial charge is 0.407 e. The molecule has 2 aromatic heterocycles. The first kappa shape index (κ1) is 18.7. The molecular weight excluding hydrogens is 360 g/mol. The van der Waals surface area contributed by atoms with Gasteiger partial charge in [-0.05, 0) is 46.0 Å². The molecule has 0 saturated heterocycles. The molecule has 2 heterocycles. The highest BCUT2D eigenvalue weighted by molar-refractivity contribution is 5.69. The summed E-state index contributed by atoms with van der Waals surface area (Å²) in [5, 5.41) is 22.9. The lowest BCUT2D eigenvalue weighted by Gasteiger charge is -2.16. The molecule has 0 spiro atoms. The number of carbonyl (C=O) groups excluding carboxylic acids is 1. The van der Waals surface area contributed by atoms with E-state index in [1.54, 1.807) is 13.1 Å². The molecule has 3 atom stereocenters. The van der Waals surface area contributed by atoms with Crippen LogP contribution in [-0.2, 0) is 4.74 Å². The van der Waals surface area contributed by atoms with Crippen LogP contribution in [0.25, 0.3) is 0 Å². The number of nitrogens with one attached hydrogen (secondary N) is 3. The van der Waals surface area contributed by atoms with Crippen LogP contribution in [0.2, 0.25) is 0 Å². The molecular formula is C19H26N6O3. The van der Waals surface area contributed by atoms with Crippen molar-refractivity contribution in [1.29, 1.82) is 0 Å². The standard InChI is InChI=1S/C19H26N6O3/c1-11(26)15-9-21-17(10-20-15)22-16-8-14(24-25-16)12-3-4-13(7-12)28-18(27)23-19(2)5-6-19/h8-13,26H,3-7H2,1-2H3,(H,23,27)(H2,21,22,24,25)/t11-,12-,13+/m0/s1. The first-order valence-electron chi connectivity index (χ1n) is 9.71. The lowest BCUT2D eigenvalue weighted by atomic mass is 10.0. The molecule has 4 N–H and O–H groups in total. The van der Waals surface area contributed by atoms with Gasteiger partial charge >= 0.3 is 6.09 Å². The van der Waals surface area contributed by atoms with Gasteiger partial charge < -0.3 is 20.5 Å². The molecule has 4 rings (SSSR count). The number of rotatable bonds is 6. The molecule has 0 aromatic carbocycles. The number of amides is 1. The van der Waals surface area contributed by atoms with Crippen LogP contribution >= 0.6 is 0 Å². The molecule has 9 heteroatoms. The fourth-order valence-corrected chi connectivity index (χ4v) is 3.43. The summed E-state index contributed by atoms with van der Waals surface area (Å²) < 4.78 is 5.57. The van der Waals surface area contributed by atoms with E-state index in [1.165, 1.54) is 6.20 Å². The third kappa shape index (κ3) is 4.41. The number of alkyl carbamates (subject to hydrolysis) is 1. The monoisotopic (exact) mass is 386 g/mol. The Hall–Kier alpha value is -2.68. The lowest BCUT2D eigenvalue weighted by Crippen LogP contribution is -2.36. The normalized spacial score (nSPS) is 23.8. The fraction of sp³-hybridized carbons (Fsp3) is 0.579. The zero-order chi connectivity index (χ0) is 19.7. The number of aromatic amines is 1. The van der Waals surface area contributed by atoms with Gasteiger partial charge in [-0.1, -0.05) is 0 Å². The molecule has 1 amide bonds. The van der Waals surface area contributed by atoms with E-state index in [0.717, 1.165) is 37.8 Å². The van der Waals surface area contributed by atoms with Crippen molar-refractivity contribution >= 4 is 17.7 Å². The van der Waals surface area contributed by atoms with Crippen LogP contribution in [0.3, 0.4) is 0 Å². The second-order valence-corrected chi connectivity index (χ2v) is 8.06. The van der Waals surface area contributed by atoms with Gasteiger partial charge in [0.25, 0.3) is 0 Å². The third-order valence-corrected chi connectivity index (χ3v) is 5.46. The van der Waals surface area contributed by atoms with Crippen LogP contribution in [0.15, 0.2) is 18.5 Å². The van der Waals surface area contributed by atoms with Crippen LogP contribution in [0.4, 0.5) is 16.4 Å². The van der Waals surface area contributed by atoms with Crippen LogP contribution in [0, 0.1) is 0 Å². The predicted octanol–water partition coefficient (Wildman–Crippen LogP) is 2.91. The minimum absolute atomic E-state index is 0.0602. The van der Waals surface area contributed by atoms with Crippen molar-refractivity contribution in [2.24, 2.45) is 0 Å². The average Bonchev–Trinajstić information content (AvgIpc) is 3.04. The first-order valence-corrected chi connectivity index (χ1v) is 9.71. The predicted molar refractivity (Wildman–Crippen MR) is 102 cm³/mol. The SMILES string of the molecule is C[C@H](O)c1cnc(Nc2cc([C@H]3CC[C@@H](OC(=O)NC4(C)CC4)C3)[nH]n2)cn1. The van der Waals surface area contributed by atoms with Crippen molar-refractivity contribution in [1.82, 2.24) is 25.5 Å². The summed E-state index contributed by atoms with van der Waals surface area (Å²) in [6.07, 6.45) is 6.70. The van der Waals surface area contributed by atoms with Crippen molar-refractivity contribution in [2.45, 2.75) is 69.6 Å². The Morgan fingerprint density at radius 2 is 2.14 bits per heavy atom. The van der Waals surface area contributed by atoms with Gasteiger partial charge in [-0.15, -0.1) is 0 Å². The van der Waals surface area contributed by atoms with E-state index in [4.69, 9.17) is 4.74 Å². The Labute approximate surface area is 163 Å². The maximum absolute atomic E-state index is 12.0. The molecule has 2 fully saturated rings. The molecule has 2 aromatic rings.